The standard InChI is InChI=1S/C8H9NO2.C7H12O2.C5H8O3/c1-3-11-8(10)7(2)5-4-6-9;1-3-5-6-9-7(8)4-2;1-3-8-5(7)4(2)6/h4-5H,2-3H2,1H3;4H,2-3,5-6H2,1H3;6H,2-3H2,1H3. The van der Waals surface area contributed by atoms with Gasteiger partial charge in [0, 0.05) is 12.2 Å². The summed E-state index contributed by atoms with van der Waals surface area (Å²) in [6.45, 7) is 16.1. The van der Waals surface area contributed by atoms with Crippen molar-refractivity contribution in [3.8, 4) is 6.07 Å². The zero-order chi connectivity index (χ0) is 22.4. The first-order valence-corrected chi connectivity index (χ1v) is 8.47. The van der Waals surface area contributed by atoms with Crippen molar-refractivity contribution in [3.05, 3.63) is 49.3 Å². The molecule has 0 heterocycles. The molecule has 1 N–H and O–H groups in total. The largest absolute Gasteiger partial charge is 0.502 e. The number of aliphatic hydroxyl groups is 1. The van der Waals surface area contributed by atoms with Gasteiger partial charge in [-0.25, -0.2) is 14.4 Å². The van der Waals surface area contributed by atoms with Crippen LogP contribution in [0.3, 0.4) is 0 Å². The zero-order valence-corrected chi connectivity index (χ0v) is 16.7. The molecule has 8 nitrogen and oxygen atoms in total. The Morgan fingerprint density at radius 2 is 1.57 bits per heavy atom. The van der Waals surface area contributed by atoms with Crippen molar-refractivity contribution in [2.75, 3.05) is 19.8 Å². The molecule has 0 rings (SSSR count). The van der Waals surface area contributed by atoms with Crippen molar-refractivity contribution in [3.63, 3.8) is 0 Å². The van der Waals surface area contributed by atoms with Gasteiger partial charge < -0.3 is 19.3 Å². The minimum absolute atomic E-state index is 0.188. The molecule has 0 aliphatic carbocycles. The second-order valence-corrected chi connectivity index (χ2v) is 4.60. The van der Waals surface area contributed by atoms with Gasteiger partial charge >= 0.3 is 17.9 Å². The molecule has 28 heavy (non-hydrogen) atoms. The van der Waals surface area contributed by atoms with E-state index in [4.69, 9.17) is 10.4 Å². The average Bonchev–Trinajstić information content (AvgIpc) is 2.67. The Morgan fingerprint density at radius 1 is 1.04 bits per heavy atom. The number of carbonyl (C=O) groups is 3. The van der Waals surface area contributed by atoms with Crippen LogP contribution < -0.4 is 0 Å². The summed E-state index contributed by atoms with van der Waals surface area (Å²) in [6, 6.07) is 1.75. The van der Waals surface area contributed by atoms with Crippen LogP contribution in [-0.2, 0) is 28.6 Å². The van der Waals surface area contributed by atoms with Crippen LogP contribution in [0.25, 0.3) is 0 Å². The normalized spacial score (nSPS) is 8.64. The van der Waals surface area contributed by atoms with E-state index in [1.165, 1.54) is 18.2 Å². The van der Waals surface area contributed by atoms with Gasteiger partial charge in [-0.1, -0.05) is 26.5 Å². The molecule has 0 fully saturated rings. The molecule has 156 valence electrons. The van der Waals surface area contributed by atoms with Crippen molar-refractivity contribution in [1.29, 1.82) is 5.26 Å². The second-order valence-electron chi connectivity index (χ2n) is 4.60. The Balaban J connectivity index is -0.000000340. The summed E-state index contributed by atoms with van der Waals surface area (Å²) in [6.07, 6.45) is 5.65. The monoisotopic (exact) mass is 395 g/mol. The maximum absolute atomic E-state index is 10.8. The van der Waals surface area contributed by atoms with Crippen LogP contribution in [0.2, 0.25) is 0 Å². The van der Waals surface area contributed by atoms with Crippen molar-refractivity contribution in [1.82, 2.24) is 0 Å². The summed E-state index contributed by atoms with van der Waals surface area (Å²) in [5, 5.41) is 16.4. The summed E-state index contributed by atoms with van der Waals surface area (Å²) < 4.78 is 13.6. The van der Waals surface area contributed by atoms with Crippen molar-refractivity contribution >= 4 is 17.9 Å². The van der Waals surface area contributed by atoms with Gasteiger partial charge in [0.05, 0.1) is 31.5 Å². The molecule has 0 unspecified atom stereocenters. The van der Waals surface area contributed by atoms with E-state index in [1.807, 2.05) is 6.92 Å². The molecule has 0 bridgehead atoms. The van der Waals surface area contributed by atoms with E-state index in [0.29, 0.717) is 13.2 Å². The highest BCUT2D eigenvalue weighted by molar-refractivity contribution is 5.90. The zero-order valence-electron chi connectivity index (χ0n) is 16.7. The van der Waals surface area contributed by atoms with E-state index in [9.17, 15) is 14.4 Å². The van der Waals surface area contributed by atoms with Gasteiger partial charge in [0.25, 0.3) is 0 Å². The maximum Gasteiger partial charge on any atom is 0.372 e. The molecule has 0 aromatic rings. The first kappa shape index (κ1) is 29.4. The van der Waals surface area contributed by atoms with E-state index in [-0.39, 0.29) is 18.1 Å². The lowest BCUT2D eigenvalue weighted by molar-refractivity contribution is -0.141. The number of nitriles is 1. The van der Waals surface area contributed by atoms with Gasteiger partial charge in [0.1, 0.15) is 0 Å². The number of aliphatic hydroxyl groups excluding tert-OH is 1. The maximum atomic E-state index is 10.8. The van der Waals surface area contributed by atoms with Crippen LogP contribution in [0.15, 0.2) is 49.3 Å². The fourth-order valence-corrected chi connectivity index (χ4v) is 1.02. The Kier molecular flexibility index (Phi) is 22.8. The molecule has 0 aliphatic heterocycles. The molecule has 0 atom stereocenters. The summed E-state index contributed by atoms with van der Waals surface area (Å²) in [4.78, 5) is 31.3. The fourth-order valence-electron chi connectivity index (χ4n) is 1.02. The molecular weight excluding hydrogens is 366 g/mol. The van der Waals surface area contributed by atoms with Gasteiger partial charge in [-0.3, -0.25) is 0 Å². The van der Waals surface area contributed by atoms with E-state index in [2.05, 4.69) is 33.9 Å². The Morgan fingerprint density at radius 3 is 1.93 bits per heavy atom. The van der Waals surface area contributed by atoms with Gasteiger partial charge in [0.15, 0.2) is 5.76 Å². The number of hydrogen-bond acceptors (Lipinski definition) is 8. The predicted octanol–water partition coefficient (Wildman–Crippen LogP) is 3.32. The SMILES string of the molecule is C=C(C=CC#N)C(=O)OCC.C=C(O)C(=O)OCC.C=CC(=O)OCCCC. The van der Waals surface area contributed by atoms with E-state index in [1.54, 1.807) is 19.9 Å². The Labute approximate surface area is 166 Å². The summed E-state index contributed by atoms with van der Waals surface area (Å²) in [7, 11) is 0. The lowest BCUT2D eigenvalue weighted by atomic mass is 10.3. The van der Waals surface area contributed by atoms with Gasteiger partial charge in [-0.15, -0.1) is 0 Å². The third kappa shape index (κ3) is 22.7. The van der Waals surface area contributed by atoms with E-state index in [0.717, 1.165) is 12.8 Å². The molecular formula is C20H29NO7. The van der Waals surface area contributed by atoms with Crippen LogP contribution in [-0.4, -0.2) is 42.8 Å². The second kappa shape index (κ2) is 21.7. The molecule has 0 amide bonds. The third-order valence-corrected chi connectivity index (χ3v) is 2.32. The van der Waals surface area contributed by atoms with Crippen LogP contribution >= 0.6 is 0 Å². The average molecular weight is 395 g/mol. The number of esters is 3. The quantitative estimate of drug-likeness (QED) is 0.120. The summed E-state index contributed by atoms with van der Waals surface area (Å²) in [5.74, 6) is -2.12. The molecule has 0 saturated carbocycles. The predicted molar refractivity (Wildman–Crippen MR) is 105 cm³/mol. The summed E-state index contributed by atoms with van der Waals surface area (Å²) >= 11 is 0. The van der Waals surface area contributed by atoms with Gasteiger partial charge in [0.2, 0.25) is 0 Å². The molecule has 0 saturated heterocycles. The Bertz CT molecular complexity index is 586. The number of unbranched alkanes of at least 4 members (excludes halogenated alkanes) is 1. The van der Waals surface area contributed by atoms with E-state index < -0.39 is 17.7 Å². The van der Waals surface area contributed by atoms with Gasteiger partial charge in [-0.05, 0) is 32.9 Å². The minimum Gasteiger partial charge on any atom is -0.502 e. The number of ether oxygens (including phenoxy) is 3. The van der Waals surface area contributed by atoms with Gasteiger partial charge in [-0.2, -0.15) is 5.26 Å². The fraction of sp³-hybridized carbons (Fsp3) is 0.400. The molecule has 0 aliphatic rings. The molecule has 0 radical (unpaired) electrons. The third-order valence-electron chi connectivity index (χ3n) is 2.32. The Hall–Kier alpha value is -3.34. The highest BCUT2D eigenvalue weighted by atomic mass is 16.5. The highest BCUT2D eigenvalue weighted by Gasteiger charge is 2.02. The number of rotatable bonds is 9. The van der Waals surface area contributed by atoms with Crippen molar-refractivity contribution < 1.29 is 33.7 Å². The van der Waals surface area contributed by atoms with Crippen LogP contribution in [0.5, 0.6) is 0 Å². The lowest BCUT2D eigenvalue weighted by Gasteiger charge is -1.98. The van der Waals surface area contributed by atoms with Crippen LogP contribution in [0, 0.1) is 11.3 Å². The number of nitrogens with zero attached hydrogens (tertiary/aromatic N) is 1. The van der Waals surface area contributed by atoms with Crippen molar-refractivity contribution in [2.45, 2.75) is 33.6 Å². The first-order chi connectivity index (χ1) is 13.2. The molecule has 0 aromatic heterocycles. The number of hydrogen-bond donors (Lipinski definition) is 1. The highest BCUT2D eigenvalue weighted by Crippen LogP contribution is 1.95. The lowest BCUT2D eigenvalue weighted by Crippen LogP contribution is -2.05. The topological polar surface area (TPSA) is 123 Å². The van der Waals surface area contributed by atoms with Crippen molar-refractivity contribution in [2.24, 2.45) is 0 Å². The first-order valence-electron chi connectivity index (χ1n) is 8.47. The molecule has 8 heteroatoms. The number of allylic oxidation sites excluding steroid dienone is 1. The van der Waals surface area contributed by atoms with E-state index >= 15 is 0 Å². The summed E-state index contributed by atoms with van der Waals surface area (Å²) in [5.41, 5.74) is 0.188. The smallest absolute Gasteiger partial charge is 0.372 e. The molecule has 0 aromatic carbocycles. The van der Waals surface area contributed by atoms with Crippen LogP contribution in [0.1, 0.15) is 33.6 Å². The number of carbonyl (C=O) groups excluding carboxylic acids is 3. The molecule has 0 spiro atoms. The minimum atomic E-state index is -0.757. The van der Waals surface area contributed by atoms with Crippen LogP contribution in [0.4, 0.5) is 0 Å².